The monoisotopic (exact) mass is 209 g/mol. The lowest BCUT2D eigenvalue weighted by atomic mass is 10.3. The minimum atomic E-state index is 0.479. The van der Waals surface area contributed by atoms with Crippen LogP contribution >= 0.6 is 11.6 Å². The summed E-state index contributed by atoms with van der Waals surface area (Å²) < 4.78 is 1.97. The highest BCUT2D eigenvalue weighted by Crippen LogP contribution is 2.21. The van der Waals surface area contributed by atoms with Gasteiger partial charge >= 0.3 is 0 Å². The van der Waals surface area contributed by atoms with E-state index in [2.05, 4.69) is 4.98 Å². The van der Waals surface area contributed by atoms with E-state index < -0.39 is 0 Å². The van der Waals surface area contributed by atoms with Gasteiger partial charge in [-0.1, -0.05) is 11.6 Å². The lowest BCUT2D eigenvalue weighted by molar-refractivity contribution is 0.939. The Balaban J connectivity index is 2.87. The zero-order valence-corrected chi connectivity index (χ0v) is 8.97. The molecule has 0 aliphatic heterocycles. The van der Waals surface area contributed by atoms with Gasteiger partial charge < -0.3 is 10.1 Å². The molecule has 2 aromatic rings. The Hall–Kier alpha value is -1.06. The Labute approximate surface area is 87.5 Å². The molecule has 0 aliphatic carbocycles. The van der Waals surface area contributed by atoms with Crippen LogP contribution in [0.3, 0.4) is 0 Å². The van der Waals surface area contributed by atoms with Crippen LogP contribution in [-0.4, -0.2) is 9.38 Å². The van der Waals surface area contributed by atoms with Crippen LogP contribution in [0.2, 0.25) is 5.02 Å². The standard InChI is InChI=1S/C10H12ClN3/c1-6-3-8(11)10-13-7(2)9(4-12)14(10)5-6/h3,5H,4,12H2,1-2H3. The average Bonchev–Trinajstić information content (AvgIpc) is 2.41. The van der Waals surface area contributed by atoms with Crippen molar-refractivity contribution in [2.75, 3.05) is 0 Å². The molecule has 0 amide bonds. The number of nitrogens with two attached hydrogens (primary N) is 1. The van der Waals surface area contributed by atoms with E-state index in [0.29, 0.717) is 11.6 Å². The summed E-state index contributed by atoms with van der Waals surface area (Å²) in [6.07, 6.45) is 2.00. The third-order valence-electron chi connectivity index (χ3n) is 2.30. The molecule has 4 heteroatoms. The van der Waals surface area contributed by atoms with Crippen molar-refractivity contribution < 1.29 is 0 Å². The normalized spacial score (nSPS) is 11.1. The quantitative estimate of drug-likeness (QED) is 0.782. The Bertz CT molecular complexity index is 488. The van der Waals surface area contributed by atoms with E-state index in [1.807, 2.05) is 30.5 Å². The van der Waals surface area contributed by atoms with Crippen molar-refractivity contribution in [2.24, 2.45) is 5.73 Å². The second-order valence-corrected chi connectivity index (χ2v) is 3.81. The van der Waals surface area contributed by atoms with Gasteiger partial charge in [0.25, 0.3) is 0 Å². The van der Waals surface area contributed by atoms with E-state index >= 15 is 0 Å². The fourth-order valence-electron chi connectivity index (χ4n) is 1.64. The van der Waals surface area contributed by atoms with Crippen molar-refractivity contribution in [3.8, 4) is 0 Å². The first-order valence-electron chi connectivity index (χ1n) is 4.47. The molecule has 0 atom stereocenters. The summed E-state index contributed by atoms with van der Waals surface area (Å²) >= 11 is 6.08. The van der Waals surface area contributed by atoms with E-state index in [1.165, 1.54) is 0 Å². The second kappa shape index (κ2) is 3.26. The predicted octanol–water partition coefficient (Wildman–Crippen LogP) is 2.06. The van der Waals surface area contributed by atoms with E-state index in [4.69, 9.17) is 17.3 Å². The predicted molar refractivity (Wildman–Crippen MR) is 57.6 cm³/mol. The zero-order valence-electron chi connectivity index (χ0n) is 8.21. The molecule has 0 unspecified atom stereocenters. The number of hydrogen-bond donors (Lipinski definition) is 1. The van der Waals surface area contributed by atoms with Gasteiger partial charge in [0.05, 0.1) is 16.4 Å². The molecular formula is C10H12ClN3. The van der Waals surface area contributed by atoms with Crippen LogP contribution in [0, 0.1) is 13.8 Å². The lowest BCUT2D eigenvalue weighted by Gasteiger charge is -2.02. The van der Waals surface area contributed by atoms with Gasteiger partial charge in [0.1, 0.15) is 0 Å². The first-order valence-corrected chi connectivity index (χ1v) is 4.85. The summed E-state index contributed by atoms with van der Waals surface area (Å²) in [5.41, 5.74) is 9.51. The molecule has 2 heterocycles. The largest absolute Gasteiger partial charge is 0.325 e. The molecular weight excluding hydrogens is 198 g/mol. The number of imidazole rings is 1. The fourth-order valence-corrected chi connectivity index (χ4v) is 1.94. The van der Waals surface area contributed by atoms with E-state index in [1.54, 1.807) is 0 Å². The van der Waals surface area contributed by atoms with Crippen molar-refractivity contribution in [3.05, 3.63) is 34.2 Å². The number of rotatable bonds is 1. The van der Waals surface area contributed by atoms with Crippen molar-refractivity contribution in [2.45, 2.75) is 20.4 Å². The van der Waals surface area contributed by atoms with Gasteiger partial charge in [0, 0.05) is 12.7 Å². The molecule has 2 aromatic heterocycles. The van der Waals surface area contributed by atoms with E-state index in [9.17, 15) is 0 Å². The second-order valence-electron chi connectivity index (χ2n) is 3.41. The van der Waals surface area contributed by atoms with Gasteiger partial charge in [-0.15, -0.1) is 0 Å². The van der Waals surface area contributed by atoms with Gasteiger partial charge in [0.15, 0.2) is 5.65 Å². The highest BCUT2D eigenvalue weighted by Gasteiger charge is 2.09. The SMILES string of the molecule is Cc1cc(Cl)c2nc(C)c(CN)n2c1. The maximum Gasteiger partial charge on any atom is 0.156 e. The van der Waals surface area contributed by atoms with Gasteiger partial charge in [-0.05, 0) is 25.5 Å². The molecule has 0 radical (unpaired) electrons. The van der Waals surface area contributed by atoms with Crippen LogP contribution in [0.5, 0.6) is 0 Å². The average molecular weight is 210 g/mol. The van der Waals surface area contributed by atoms with Gasteiger partial charge in [-0.2, -0.15) is 0 Å². The van der Waals surface area contributed by atoms with Gasteiger partial charge in [-0.3, -0.25) is 0 Å². The fraction of sp³-hybridized carbons (Fsp3) is 0.300. The number of hydrogen-bond acceptors (Lipinski definition) is 2. The minimum Gasteiger partial charge on any atom is -0.325 e. The number of fused-ring (bicyclic) bond motifs is 1. The van der Waals surface area contributed by atoms with E-state index in [0.717, 1.165) is 22.6 Å². The summed E-state index contributed by atoms with van der Waals surface area (Å²) in [5, 5.41) is 0.674. The van der Waals surface area contributed by atoms with Crippen LogP contribution in [0.1, 0.15) is 17.0 Å². The Morgan fingerprint density at radius 2 is 2.21 bits per heavy atom. The number of aromatic nitrogens is 2. The van der Waals surface area contributed by atoms with Crippen LogP contribution in [0.15, 0.2) is 12.3 Å². The summed E-state index contributed by atoms with van der Waals surface area (Å²) in [5.74, 6) is 0. The highest BCUT2D eigenvalue weighted by molar-refractivity contribution is 6.33. The molecule has 0 aliphatic rings. The van der Waals surface area contributed by atoms with Crippen LogP contribution in [0.25, 0.3) is 5.65 Å². The minimum absolute atomic E-state index is 0.479. The summed E-state index contributed by atoms with van der Waals surface area (Å²) in [6, 6.07) is 1.91. The van der Waals surface area contributed by atoms with Crippen molar-refractivity contribution in [3.63, 3.8) is 0 Å². The smallest absolute Gasteiger partial charge is 0.156 e. The Morgan fingerprint density at radius 1 is 1.50 bits per heavy atom. The van der Waals surface area contributed by atoms with Crippen LogP contribution in [0.4, 0.5) is 0 Å². The third-order valence-corrected chi connectivity index (χ3v) is 2.58. The van der Waals surface area contributed by atoms with Crippen molar-refractivity contribution >= 4 is 17.2 Å². The molecule has 3 nitrogen and oxygen atoms in total. The summed E-state index contributed by atoms with van der Waals surface area (Å²) in [6.45, 7) is 4.43. The van der Waals surface area contributed by atoms with Gasteiger partial charge in [0.2, 0.25) is 0 Å². The molecule has 0 saturated heterocycles. The van der Waals surface area contributed by atoms with E-state index in [-0.39, 0.29) is 0 Å². The highest BCUT2D eigenvalue weighted by atomic mass is 35.5. The maximum atomic E-state index is 6.08. The molecule has 2 N–H and O–H groups in total. The molecule has 14 heavy (non-hydrogen) atoms. The first kappa shape index (κ1) is 9.49. The lowest BCUT2D eigenvalue weighted by Crippen LogP contribution is -2.02. The molecule has 0 aromatic carbocycles. The number of halogens is 1. The molecule has 0 spiro atoms. The number of nitrogens with zero attached hydrogens (tertiary/aromatic N) is 2. The van der Waals surface area contributed by atoms with Gasteiger partial charge in [-0.25, -0.2) is 4.98 Å². The zero-order chi connectivity index (χ0) is 10.3. The maximum absolute atomic E-state index is 6.08. The summed E-state index contributed by atoms with van der Waals surface area (Å²) in [7, 11) is 0. The Morgan fingerprint density at radius 3 is 2.86 bits per heavy atom. The molecule has 0 fully saturated rings. The number of pyridine rings is 1. The summed E-state index contributed by atoms with van der Waals surface area (Å²) in [4.78, 5) is 4.38. The van der Waals surface area contributed by atoms with Crippen LogP contribution in [-0.2, 0) is 6.54 Å². The number of aryl methyl sites for hydroxylation is 2. The van der Waals surface area contributed by atoms with Crippen molar-refractivity contribution in [1.82, 2.24) is 9.38 Å². The third kappa shape index (κ3) is 1.29. The molecule has 0 bridgehead atoms. The topological polar surface area (TPSA) is 43.3 Å². The molecule has 0 saturated carbocycles. The first-order chi connectivity index (χ1) is 6.63. The van der Waals surface area contributed by atoms with Crippen molar-refractivity contribution in [1.29, 1.82) is 0 Å². The van der Waals surface area contributed by atoms with Crippen LogP contribution < -0.4 is 5.73 Å². The molecule has 74 valence electrons. The Kier molecular flexibility index (Phi) is 2.21. The molecule has 2 rings (SSSR count).